The van der Waals surface area contributed by atoms with Gasteiger partial charge in [0.2, 0.25) is 5.52 Å². The number of nitrogens with zero attached hydrogens (tertiary/aromatic N) is 2. The summed E-state index contributed by atoms with van der Waals surface area (Å²) < 4.78 is 4.07. The van der Waals surface area contributed by atoms with E-state index in [1.807, 2.05) is 28.7 Å². The minimum Gasteiger partial charge on any atom is -1.00 e. The van der Waals surface area contributed by atoms with Crippen LogP contribution in [0, 0.1) is 6.92 Å². The summed E-state index contributed by atoms with van der Waals surface area (Å²) in [6.45, 7) is 2.92. The monoisotopic (exact) mass is 360 g/mol. The van der Waals surface area contributed by atoms with Gasteiger partial charge in [-0.15, -0.1) is 0 Å². The van der Waals surface area contributed by atoms with Crippen molar-refractivity contribution in [1.82, 2.24) is 4.40 Å². The second-order valence-electron chi connectivity index (χ2n) is 6.54. The highest BCUT2D eigenvalue weighted by Crippen LogP contribution is 2.28. The van der Waals surface area contributed by atoms with Crippen molar-refractivity contribution in [2.75, 3.05) is 0 Å². The fourth-order valence-corrected chi connectivity index (χ4v) is 3.80. The largest absolute Gasteiger partial charge is 1.00 e. The lowest BCUT2D eigenvalue weighted by Crippen LogP contribution is -3.00. The molecule has 3 heterocycles. The number of halogens is 1. The quantitative estimate of drug-likeness (QED) is 0.425. The summed E-state index contributed by atoms with van der Waals surface area (Å²) in [4.78, 5) is 12.5. The minimum absolute atomic E-state index is 0. The van der Waals surface area contributed by atoms with Gasteiger partial charge in [0.1, 0.15) is 5.52 Å². The molecule has 5 rings (SSSR count). The smallest absolute Gasteiger partial charge is 0.256 e. The van der Waals surface area contributed by atoms with Gasteiger partial charge in [-0.2, -0.15) is 4.57 Å². The number of hydrogen-bond acceptors (Lipinski definition) is 1. The van der Waals surface area contributed by atoms with Gasteiger partial charge in [-0.3, -0.25) is 9.20 Å². The van der Waals surface area contributed by atoms with E-state index in [0.717, 1.165) is 33.9 Å². The molecule has 0 fully saturated rings. The van der Waals surface area contributed by atoms with Crippen LogP contribution in [0.1, 0.15) is 11.1 Å². The fraction of sp³-hybridized carbons (Fsp3) is 0.0909. The fourth-order valence-electron chi connectivity index (χ4n) is 3.80. The second kappa shape index (κ2) is 6.11. The SMILES string of the molecule is Cc1ccccc1C[n+]1ccc2c3ccccc3n3c(=O)ccc1c23.[Cl-]. The number of benzene rings is 2. The Morgan fingerprint density at radius 1 is 0.885 bits per heavy atom. The number of aromatic nitrogens is 2. The number of hydrogen-bond donors (Lipinski definition) is 0. The van der Waals surface area contributed by atoms with Crippen molar-refractivity contribution in [2.24, 2.45) is 0 Å². The van der Waals surface area contributed by atoms with Gasteiger partial charge in [-0.05, 0) is 18.6 Å². The summed E-state index contributed by atoms with van der Waals surface area (Å²) in [6, 6.07) is 22.3. The maximum atomic E-state index is 12.5. The average molecular weight is 361 g/mol. The summed E-state index contributed by atoms with van der Waals surface area (Å²) in [5.74, 6) is 0. The molecular formula is C22H17ClN2O. The highest BCUT2D eigenvalue weighted by atomic mass is 35.5. The van der Waals surface area contributed by atoms with Gasteiger partial charge in [0.05, 0.1) is 5.52 Å². The van der Waals surface area contributed by atoms with Gasteiger partial charge in [0.25, 0.3) is 5.56 Å². The first-order chi connectivity index (χ1) is 12.2. The maximum Gasteiger partial charge on any atom is 0.256 e. The molecule has 0 spiro atoms. The van der Waals surface area contributed by atoms with Gasteiger partial charge < -0.3 is 12.4 Å². The van der Waals surface area contributed by atoms with E-state index in [-0.39, 0.29) is 18.0 Å². The predicted octanol–water partition coefficient (Wildman–Crippen LogP) is 0.692. The lowest BCUT2D eigenvalue weighted by Gasteiger charge is -2.05. The molecular weight excluding hydrogens is 344 g/mol. The van der Waals surface area contributed by atoms with Crippen LogP contribution in [0.15, 0.2) is 77.7 Å². The Balaban J connectivity index is 0.00000168. The molecule has 0 saturated carbocycles. The zero-order valence-corrected chi connectivity index (χ0v) is 15.1. The van der Waals surface area contributed by atoms with Crippen LogP contribution in [0.5, 0.6) is 0 Å². The van der Waals surface area contributed by atoms with Gasteiger partial charge in [0.15, 0.2) is 12.7 Å². The molecule has 26 heavy (non-hydrogen) atoms. The van der Waals surface area contributed by atoms with E-state index in [1.165, 1.54) is 11.1 Å². The number of fused-ring (bicyclic) bond motifs is 3. The summed E-state index contributed by atoms with van der Waals surface area (Å²) in [7, 11) is 0. The molecule has 0 radical (unpaired) electrons. The Hall–Kier alpha value is -2.91. The lowest BCUT2D eigenvalue weighted by atomic mass is 10.1. The van der Waals surface area contributed by atoms with Crippen molar-refractivity contribution in [2.45, 2.75) is 13.5 Å². The first kappa shape index (κ1) is 16.6. The van der Waals surface area contributed by atoms with E-state index in [2.05, 4.69) is 54.1 Å². The molecule has 0 aliphatic rings. The minimum atomic E-state index is 0. The zero-order chi connectivity index (χ0) is 17.0. The van der Waals surface area contributed by atoms with Crippen molar-refractivity contribution < 1.29 is 17.0 Å². The third-order valence-corrected chi connectivity index (χ3v) is 5.09. The summed E-state index contributed by atoms with van der Waals surface area (Å²) in [5, 5.41) is 2.25. The molecule has 0 amide bonds. The van der Waals surface area contributed by atoms with Crippen LogP contribution in [-0.2, 0) is 6.54 Å². The highest BCUT2D eigenvalue weighted by molar-refractivity contribution is 6.11. The maximum absolute atomic E-state index is 12.5. The van der Waals surface area contributed by atoms with E-state index in [4.69, 9.17) is 0 Å². The van der Waals surface area contributed by atoms with Crippen LogP contribution in [0.4, 0.5) is 0 Å². The van der Waals surface area contributed by atoms with Crippen molar-refractivity contribution in [3.05, 3.63) is 94.4 Å². The van der Waals surface area contributed by atoms with Gasteiger partial charge in [-0.1, -0.05) is 42.5 Å². The molecule has 0 aliphatic heterocycles. The van der Waals surface area contributed by atoms with Crippen LogP contribution < -0.4 is 22.5 Å². The van der Waals surface area contributed by atoms with E-state index in [0.29, 0.717) is 0 Å². The van der Waals surface area contributed by atoms with E-state index in [9.17, 15) is 4.79 Å². The van der Waals surface area contributed by atoms with Gasteiger partial charge in [0, 0.05) is 34.5 Å². The molecule has 5 aromatic rings. The number of para-hydroxylation sites is 1. The van der Waals surface area contributed by atoms with E-state index in [1.54, 1.807) is 6.07 Å². The molecule has 0 atom stereocenters. The molecule has 0 N–H and O–H groups in total. The Bertz CT molecular complexity index is 1310. The summed E-state index contributed by atoms with van der Waals surface area (Å²) in [6.07, 6.45) is 2.13. The third kappa shape index (κ3) is 2.28. The summed E-state index contributed by atoms with van der Waals surface area (Å²) >= 11 is 0. The van der Waals surface area contributed by atoms with E-state index < -0.39 is 0 Å². The molecule has 4 heteroatoms. The average Bonchev–Trinajstić information content (AvgIpc) is 2.97. The van der Waals surface area contributed by atoms with Crippen molar-refractivity contribution in [1.29, 1.82) is 0 Å². The molecule has 3 nitrogen and oxygen atoms in total. The Labute approximate surface area is 156 Å². The highest BCUT2D eigenvalue weighted by Gasteiger charge is 2.19. The molecule has 0 unspecified atom stereocenters. The predicted molar refractivity (Wildman–Crippen MR) is 100 cm³/mol. The van der Waals surface area contributed by atoms with Crippen LogP contribution in [0.3, 0.4) is 0 Å². The van der Waals surface area contributed by atoms with Crippen molar-refractivity contribution >= 4 is 27.3 Å². The molecule has 0 bridgehead atoms. The normalized spacial score (nSPS) is 11.3. The number of aryl methyl sites for hydroxylation is 1. The Kier molecular flexibility index (Phi) is 3.89. The van der Waals surface area contributed by atoms with Crippen LogP contribution >= 0.6 is 0 Å². The molecule has 3 aromatic heterocycles. The number of pyridine rings is 2. The molecule has 2 aromatic carbocycles. The van der Waals surface area contributed by atoms with Gasteiger partial charge >= 0.3 is 0 Å². The molecule has 0 aliphatic carbocycles. The second-order valence-corrected chi connectivity index (χ2v) is 6.54. The molecule has 0 saturated heterocycles. The number of rotatable bonds is 2. The van der Waals surface area contributed by atoms with Crippen molar-refractivity contribution in [3.8, 4) is 0 Å². The van der Waals surface area contributed by atoms with Crippen LogP contribution in [0.2, 0.25) is 0 Å². The Morgan fingerprint density at radius 2 is 1.65 bits per heavy atom. The zero-order valence-electron chi connectivity index (χ0n) is 14.3. The standard InChI is InChI=1S/C22H17N2O.ClH/c1-15-6-2-3-7-16(15)14-23-13-12-18-17-8-4-5-9-19(17)24-21(25)11-10-20(23)22(18)24;/h2-13H,14H2,1H3;1H/q+1;/p-1. The first-order valence-electron chi connectivity index (χ1n) is 8.46. The summed E-state index contributed by atoms with van der Waals surface area (Å²) in [5.41, 5.74) is 5.64. The van der Waals surface area contributed by atoms with Gasteiger partial charge in [-0.25, -0.2) is 0 Å². The topological polar surface area (TPSA) is 25.4 Å². The van der Waals surface area contributed by atoms with Crippen molar-refractivity contribution in [3.63, 3.8) is 0 Å². The Morgan fingerprint density at radius 3 is 2.50 bits per heavy atom. The first-order valence-corrected chi connectivity index (χ1v) is 8.46. The van der Waals surface area contributed by atoms with E-state index >= 15 is 0 Å². The third-order valence-electron chi connectivity index (χ3n) is 5.09. The lowest BCUT2D eigenvalue weighted by molar-refractivity contribution is -0.662. The molecule has 128 valence electrons. The van der Waals surface area contributed by atoms with Crippen LogP contribution in [-0.4, -0.2) is 4.40 Å². The van der Waals surface area contributed by atoms with Crippen LogP contribution in [0.25, 0.3) is 27.3 Å².